The van der Waals surface area contributed by atoms with Crippen LogP contribution in [-0.2, 0) is 4.79 Å². The summed E-state index contributed by atoms with van der Waals surface area (Å²) >= 11 is 0. The number of aliphatic carboxylic acids is 1. The van der Waals surface area contributed by atoms with Crippen molar-refractivity contribution in [1.82, 2.24) is 0 Å². The Balaban J connectivity index is 3.80. The van der Waals surface area contributed by atoms with E-state index in [9.17, 15) is 4.79 Å². The van der Waals surface area contributed by atoms with E-state index in [0.717, 1.165) is 5.57 Å². The topological polar surface area (TPSA) is 37.3 Å². The van der Waals surface area contributed by atoms with Crippen LogP contribution in [0.25, 0.3) is 0 Å². The van der Waals surface area contributed by atoms with Crippen molar-refractivity contribution < 1.29 is 9.90 Å². The lowest BCUT2D eigenvalue weighted by molar-refractivity contribution is -0.137. The summed E-state index contributed by atoms with van der Waals surface area (Å²) in [4.78, 5) is 10.2. The SMILES string of the molecule is C=C(CCC(=O)O)C(C)(C)C. The zero-order valence-electron chi connectivity index (χ0n) is 7.48. The van der Waals surface area contributed by atoms with Gasteiger partial charge in [0.25, 0.3) is 0 Å². The van der Waals surface area contributed by atoms with Crippen molar-refractivity contribution in [3.05, 3.63) is 12.2 Å². The molecule has 0 unspecified atom stereocenters. The number of hydrogen-bond acceptors (Lipinski definition) is 1. The summed E-state index contributed by atoms with van der Waals surface area (Å²) in [5.74, 6) is -0.754. The Labute approximate surface area is 67.9 Å². The highest BCUT2D eigenvalue weighted by atomic mass is 16.4. The molecule has 0 aromatic heterocycles. The first-order valence-corrected chi connectivity index (χ1v) is 3.74. The first-order valence-electron chi connectivity index (χ1n) is 3.74. The molecular formula is C9H16O2. The molecule has 64 valence electrons. The predicted molar refractivity (Wildman–Crippen MR) is 45.5 cm³/mol. The maximum atomic E-state index is 10.2. The molecule has 0 atom stereocenters. The van der Waals surface area contributed by atoms with Crippen molar-refractivity contribution >= 4 is 5.97 Å². The largest absolute Gasteiger partial charge is 0.481 e. The van der Waals surface area contributed by atoms with Crippen molar-refractivity contribution in [3.63, 3.8) is 0 Å². The third-order valence-electron chi connectivity index (χ3n) is 1.70. The predicted octanol–water partition coefficient (Wildman–Crippen LogP) is 2.45. The second kappa shape index (κ2) is 3.56. The fourth-order valence-electron chi connectivity index (χ4n) is 0.633. The van der Waals surface area contributed by atoms with E-state index in [4.69, 9.17) is 5.11 Å². The Bertz CT molecular complexity index is 163. The van der Waals surface area contributed by atoms with Gasteiger partial charge in [0.15, 0.2) is 0 Å². The van der Waals surface area contributed by atoms with Gasteiger partial charge in [0.2, 0.25) is 0 Å². The minimum atomic E-state index is -0.754. The maximum absolute atomic E-state index is 10.2. The van der Waals surface area contributed by atoms with E-state index in [1.54, 1.807) is 0 Å². The molecule has 0 spiro atoms. The van der Waals surface area contributed by atoms with Crippen LogP contribution in [0.2, 0.25) is 0 Å². The summed E-state index contributed by atoms with van der Waals surface area (Å²) in [7, 11) is 0. The van der Waals surface area contributed by atoms with E-state index >= 15 is 0 Å². The molecule has 0 rings (SSSR count). The lowest BCUT2D eigenvalue weighted by Gasteiger charge is -2.20. The molecule has 0 aromatic rings. The number of carboxylic acid groups (broad SMARTS) is 1. The Kier molecular flexibility index (Phi) is 3.30. The summed E-state index contributed by atoms with van der Waals surface area (Å²) < 4.78 is 0. The smallest absolute Gasteiger partial charge is 0.303 e. The number of hydrogen-bond donors (Lipinski definition) is 1. The van der Waals surface area contributed by atoms with Crippen LogP contribution in [0.3, 0.4) is 0 Å². The first-order chi connectivity index (χ1) is 4.84. The number of allylic oxidation sites excluding steroid dienone is 1. The standard InChI is InChI=1S/C9H16O2/c1-7(9(2,3)4)5-6-8(10)11/h1,5-6H2,2-4H3,(H,10,11). The molecule has 11 heavy (non-hydrogen) atoms. The first kappa shape index (κ1) is 10.2. The quantitative estimate of drug-likeness (QED) is 0.637. The summed E-state index contributed by atoms with van der Waals surface area (Å²) in [6, 6.07) is 0. The van der Waals surface area contributed by atoms with Gasteiger partial charge in [-0.3, -0.25) is 4.79 Å². The van der Waals surface area contributed by atoms with Crippen LogP contribution in [0.1, 0.15) is 33.6 Å². The lowest BCUT2D eigenvalue weighted by atomic mass is 9.85. The highest BCUT2D eigenvalue weighted by molar-refractivity contribution is 5.67. The average molecular weight is 156 g/mol. The van der Waals surface area contributed by atoms with Crippen LogP contribution >= 0.6 is 0 Å². The molecule has 2 nitrogen and oxygen atoms in total. The van der Waals surface area contributed by atoms with Crippen LogP contribution in [0.15, 0.2) is 12.2 Å². The highest BCUT2D eigenvalue weighted by Gasteiger charge is 2.14. The average Bonchev–Trinajstić information content (AvgIpc) is 1.80. The van der Waals surface area contributed by atoms with Crippen LogP contribution in [0.5, 0.6) is 0 Å². The molecule has 0 saturated heterocycles. The Morgan fingerprint density at radius 3 is 2.09 bits per heavy atom. The van der Waals surface area contributed by atoms with Crippen LogP contribution < -0.4 is 0 Å². The molecule has 0 radical (unpaired) electrons. The molecule has 0 aromatic carbocycles. The van der Waals surface area contributed by atoms with E-state index in [1.165, 1.54) is 0 Å². The third kappa shape index (κ3) is 4.59. The van der Waals surface area contributed by atoms with Gasteiger partial charge in [-0.15, -0.1) is 0 Å². The zero-order valence-corrected chi connectivity index (χ0v) is 7.48. The van der Waals surface area contributed by atoms with E-state index in [-0.39, 0.29) is 11.8 Å². The molecule has 0 fully saturated rings. The highest BCUT2D eigenvalue weighted by Crippen LogP contribution is 2.26. The number of carboxylic acids is 1. The Morgan fingerprint density at radius 1 is 1.36 bits per heavy atom. The normalized spacial score (nSPS) is 11.2. The molecular weight excluding hydrogens is 140 g/mol. The molecule has 0 amide bonds. The van der Waals surface area contributed by atoms with Gasteiger partial charge in [-0.1, -0.05) is 32.9 Å². The Hall–Kier alpha value is -0.790. The number of rotatable bonds is 3. The van der Waals surface area contributed by atoms with Crippen molar-refractivity contribution in [2.24, 2.45) is 5.41 Å². The summed E-state index contributed by atoms with van der Waals surface area (Å²) in [5, 5.41) is 8.39. The minimum Gasteiger partial charge on any atom is -0.481 e. The molecule has 2 heteroatoms. The monoisotopic (exact) mass is 156 g/mol. The van der Waals surface area contributed by atoms with Gasteiger partial charge in [-0.25, -0.2) is 0 Å². The van der Waals surface area contributed by atoms with Gasteiger partial charge in [0.05, 0.1) is 0 Å². The van der Waals surface area contributed by atoms with Crippen molar-refractivity contribution in [2.45, 2.75) is 33.6 Å². The zero-order chi connectivity index (χ0) is 9.07. The van der Waals surface area contributed by atoms with Gasteiger partial charge in [-0.05, 0) is 11.8 Å². The second-order valence-electron chi connectivity index (χ2n) is 3.75. The fourth-order valence-corrected chi connectivity index (χ4v) is 0.633. The third-order valence-corrected chi connectivity index (χ3v) is 1.70. The molecule has 0 aliphatic heterocycles. The fraction of sp³-hybridized carbons (Fsp3) is 0.667. The summed E-state index contributed by atoms with van der Waals surface area (Å²) in [6.45, 7) is 9.95. The molecule has 1 N–H and O–H groups in total. The van der Waals surface area contributed by atoms with Gasteiger partial charge < -0.3 is 5.11 Å². The van der Waals surface area contributed by atoms with E-state index in [0.29, 0.717) is 6.42 Å². The molecule has 0 heterocycles. The van der Waals surface area contributed by atoms with Gasteiger partial charge in [0.1, 0.15) is 0 Å². The minimum absolute atomic E-state index is 0.0372. The van der Waals surface area contributed by atoms with Crippen molar-refractivity contribution in [3.8, 4) is 0 Å². The Morgan fingerprint density at radius 2 is 1.82 bits per heavy atom. The molecule has 0 saturated carbocycles. The van der Waals surface area contributed by atoms with Crippen molar-refractivity contribution in [1.29, 1.82) is 0 Å². The van der Waals surface area contributed by atoms with Crippen LogP contribution in [0, 0.1) is 5.41 Å². The second-order valence-corrected chi connectivity index (χ2v) is 3.75. The molecule has 0 aliphatic rings. The summed E-state index contributed by atoms with van der Waals surface area (Å²) in [5.41, 5.74) is 1.04. The van der Waals surface area contributed by atoms with Gasteiger partial charge in [0, 0.05) is 6.42 Å². The molecule has 0 bridgehead atoms. The van der Waals surface area contributed by atoms with Crippen LogP contribution in [-0.4, -0.2) is 11.1 Å². The van der Waals surface area contributed by atoms with E-state index in [1.807, 2.05) is 20.8 Å². The summed E-state index contributed by atoms with van der Waals surface area (Å²) in [6.07, 6.45) is 0.773. The van der Waals surface area contributed by atoms with E-state index in [2.05, 4.69) is 6.58 Å². The van der Waals surface area contributed by atoms with E-state index < -0.39 is 5.97 Å². The van der Waals surface area contributed by atoms with Gasteiger partial charge in [-0.2, -0.15) is 0 Å². The van der Waals surface area contributed by atoms with Gasteiger partial charge >= 0.3 is 5.97 Å². The van der Waals surface area contributed by atoms with Crippen molar-refractivity contribution in [2.75, 3.05) is 0 Å². The number of carbonyl (C=O) groups is 1. The lowest BCUT2D eigenvalue weighted by Crippen LogP contribution is -2.09. The molecule has 0 aliphatic carbocycles. The van der Waals surface area contributed by atoms with Crippen LogP contribution in [0.4, 0.5) is 0 Å². The maximum Gasteiger partial charge on any atom is 0.303 e.